The highest BCUT2D eigenvalue weighted by Gasteiger charge is 2.26. The third-order valence-corrected chi connectivity index (χ3v) is 4.87. The van der Waals surface area contributed by atoms with Gasteiger partial charge in [0.25, 0.3) is 0 Å². The second kappa shape index (κ2) is 8.70. The summed E-state index contributed by atoms with van der Waals surface area (Å²) < 4.78 is 1.86. The summed E-state index contributed by atoms with van der Waals surface area (Å²) in [6.07, 6.45) is 5.21. The van der Waals surface area contributed by atoms with E-state index in [2.05, 4.69) is 17.3 Å². The molecule has 1 aromatic carbocycles. The predicted octanol–water partition coefficient (Wildman–Crippen LogP) is 3.54. The molecule has 1 aliphatic rings. The van der Waals surface area contributed by atoms with E-state index in [-0.39, 0.29) is 18.4 Å². The van der Waals surface area contributed by atoms with Crippen molar-refractivity contribution in [1.82, 2.24) is 14.7 Å². The molecule has 2 N–H and O–H groups in total. The Balaban J connectivity index is 1.74. The SMILES string of the molecule is CCCc1c(NC(=O)N2CCCC(CC(=O)O)C2)cnn1-c1ccccc1. The van der Waals surface area contributed by atoms with E-state index in [0.29, 0.717) is 18.8 Å². The average Bonchev–Trinajstić information content (AvgIpc) is 3.05. The van der Waals surface area contributed by atoms with Gasteiger partial charge >= 0.3 is 12.0 Å². The highest BCUT2D eigenvalue weighted by atomic mass is 16.4. The van der Waals surface area contributed by atoms with Crippen molar-refractivity contribution in [3.05, 3.63) is 42.2 Å². The third kappa shape index (κ3) is 4.67. The fourth-order valence-corrected chi connectivity index (χ4v) is 3.60. The minimum absolute atomic E-state index is 0.0177. The van der Waals surface area contributed by atoms with Gasteiger partial charge in [0.1, 0.15) is 0 Å². The summed E-state index contributed by atoms with van der Waals surface area (Å²) in [5, 5.41) is 16.5. The van der Waals surface area contributed by atoms with Gasteiger partial charge in [-0.05, 0) is 37.3 Å². The molecule has 7 nitrogen and oxygen atoms in total. The van der Waals surface area contributed by atoms with Crippen LogP contribution in [-0.2, 0) is 11.2 Å². The Morgan fingerprint density at radius 1 is 1.30 bits per heavy atom. The number of anilines is 1. The fourth-order valence-electron chi connectivity index (χ4n) is 3.60. The number of nitrogens with one attached hydrogen (secondary N) is 1. The summed E-state index contributed by atoms with van der Waals surface area (Å²) in [6.45, 7) is 3.22. The Hall–Kier alpha value is -2.83. The Bertz CT molecular complexity index is 788. The molecular formula is C20H26N4O3. The zero-order chi connectivity index (χ0) is 19.2. The molecule has 0 aliphatic carbocycles. The Morgan fingerprint density at radius 3 is 2.78 bits per heavy atom. The second-order valence-electron chi connectivity index (χ2n) is 6.98. The fraction of sp³-hybridized carbons (Fsp3) is 0.450. The molecule has 0 bridgehead atoms. The highest BCUT2D eigenvalue weighted by molar-refractivity contribution is 5.90. The van der Waals surface area contributed by atoms with E-state index in [1.54, 1.807) is 11.1 Å². The van der Waals surface area contributed by atoms with Gasteiger partial charge in [-0.3, -0.25) is 4.79 Å². The normalized spacial score (nSPS) is 16.9. The van der Waals surface area contributed by atoms with E-state index < -0.39 is 5.97 Å². The number of piperidine rings is 1. The maximum absolute atomic E-state index is 12.7. The number of para-hydroxylation sites is 1. The molecule has 3 rings (SSSR count). The van der Waals surface area contributed by atoms with Crippen LogP contribution in [0.15, 0.2) is 36.5 Å². The smallest absolute Gasteiger partial charge is 0.321 e. The van der Waals surface area contributed by atoms with E-state index >= 15 is 0 Å². The first kappa shape index (κ1) is 18.9. The lowest BCUT2D eigenvalue weighted by atomic mass is 9.95. The summed E-state index contributed by atoms with van der Waals surface area (Å²) in [5.41, 5.74) is 2.64. The Morgan fingerprint density at radius 2 is 2.07 bits per heavy atom. The molecule has 7 heteroatoms. The lowest BCUT2D eigenvalue weighted by Gasteiger charge is -2.32. The van der Waals surface area contributed by atoms with Crippen LogP contribution in [0.25, 0.3) is 5.69 Å². The summed E-state index contributed by atoms with van der Waals surface area (Å²) in [7, 11) is 0. The van der Waals surface area contributed by atoms with E-state index in [9.17, 15) is 9.59 Å². The Labute approximate surface area is 159 Å². The lowest BCUT2D eigenvalue weighted by Crippen LogP contribution is -2.42. The van der Waals surface area contributed by atoms with Crippen LogP contribution in [0.4, 0.5) is 10.5 Å². The largest absolute Gasteiger partial charge is 0.481 e. The van der Waals surface area contributed by atoms with Crippen LogP contribution in [0.1, 0.15) is 38.3 Å². The van der Waals surface area contributed by atoms with Crippen LogP contribution in [0.2, 0.25) is 0 Å². The van der Waals surface area contributed by atoms with Crippen LogP contribution in [0.3, 0.4) is 0 Å². The molecular weight excluding hydrogens is 344 g/mol. The van der Waals surface area contributed by atoms with Crippen LogP contribution >= 0.6 is 0 Å². The zero-order valence-electron chi connectivity index (χ0n) is 15.6. The maximum atomic E-state index is 12.7. The van der Waals surface area contributed by atoms with Crippen LogP contribution in [-0.4, -0.2) is 44.9 Å². The average molecular weight is 370 g/mol. The number of nitrogens with zero attached hydrogens (tertiary/aromatic N) is 3. The maximum Gasteiger partial charge on any atom is 0.321 e. The first-order chi connectivity index (χ1) is 13.1. The Kier molecular flexibility index (Phi) is 6.11. The topological polar surface area (TPSA) is 87.5 Å². The summed E-state index contributed by atoms with van der Waals surface area (Å²) >= 11 is 0. The lowest BCUT2D eigenvalue weighted by molar-refractivity contribution is -0.138. The molecule has 2 aromatic rings. The van der Waals surface area contributed by atoms with Crippen molar-refractivity contribution in [3.8, 4) is 5.69 Å². The van der Waals surface area contributed by atoms with Crippen LogP contribution < -0.4 is 5.32 Å². The monoisotopic (exact) mass is 370 g/mol. The van der Waals surface area contributed by atoms with E-state index in [4.69, 9.17) is 5.11 Å². The number of amides is 2. The standard InChI is InChI=1S/C20H26N4O3/c1-2-7-18-17(13-21-24(18)16-9-4-3-5-10-16)22-20(27)23-11-6-8-15(14-23)12-19(25)26/h3-5,9-10,13,15H,2,6-8,11-12,14H2,1H3,(H,22,27)(H,25,26). The number of hydrogen-bond donors (Lipinski definition) is 2. The van der Waals surface area contributed by atoms with Gasteiger partial charge in [0.2, 0.25) is 0 Å². The molecule has 27 heavy (non-hydrogen) atoms. The highest BCUT2D eigenvalue weighted by Crippen LogP contribution is 2.24. The zero-order valence-corrected chi connectivity index (χ0v) is 15.6. The van der Waals surface area contributed by atoms with Gasteiger partial charge < -0.3 is 15.3 Å². The van der Waals surface area contributed by atoms with Gasteiger partial charge in [0.15, 0.2) is 0 Å². The quantitative estimate of drug-likeness (QED) is 0.814. The van der Waals surface area contributed by atoms with Crippen LogP contribution in [0.5, 0.6) is 0 Å². The van der Waals surface area contributed by atoms with Crippen molar-refractivity contribution < 1.29 is 14.7 Å². The number of carbonyl (C=O) groups is 2. The van der Waals surface area contributed by atoms with Gasteiger partial charge in [0.05, 0.1) is 23.3 Å². The van der Waals surface area contributed by atoms with E-state index in [1.807, 2.05) is 35.0 Å². The molecule has 2 amide bonds. The minimum Gasteiger partial charge on any atom is -0.481 e. The number of carboxylic acids is 1. The molecule has 144 valence electrons. The van der Waals surface area contributed by atoms with Gasteiger partial charge in [-0.1, -0.05) is 31.5 Å². The van der Waals surface area contributed by atoms with Gasteiger partial charge in [-0.25, -0.2) is 9.48 Å². The van der Waals surface area contributed by atoms with Crippen molar-refractivity contribution in [3.63, 3.8) is 0 Å². The van der Waals surface area contributed by atoms with Crippen molar-refractivity contribution >= 4 is 17.7 Å². The number of aromatic nitrogens is 2. The number of benzene rings is 1. The van der Waals surface area contributed by atoms with Crippen molar-refractivity contribution in [2.45, 2.75) is 39.0 Å². The van der Waals surface area contributed by atoms with Crippen LogP contribution in [0, 0.1) is 5.92 Å². The van der Waals surface area contributed by atoms with Gasteiger partial charge in [-0.2, -0.15) is 5.10 Å². The number of rotatable bonds is 6. The molecule has 2 heterocycles. The number of carboxylic acid groups (broad SMARTS) is 1. The number of carbonyl (C=O) groups excluding carboxylic acids is 1. The van der Waals surface area contributed by atoms with E-state index in [1.165, 1.54) is 0 Å². The number of urea groups is 1. The second-order valence-corrected chi connectivity index (χ2v) is 6.98. The summed E-state index contributed by atoms with van der Waals surface area (Å²) in [6, 6.07) is 9.66. The van der Waals surface area contributed by atoms with Crippen molar-refractivity contribution in [2.24, 2.45) is 5.92 Å². The molecule has 0 radical (unpaired) electrons. The summed E-state index contributed by atoms with van der Waals surface area (Å²) in [4.78, 5) is 25.4. The van der Waals surface area contributed by atoms with E-state index in [0.717, 1.165) is 37.1 Å². The van der Waals surface area contributed by atoms with Gasteiger partial charge in [-0.15, -0.1) is 0 Å². The van der Waals surface area contributed by atoms with Gasteiger partial charge in [0, 0.05) is 19.5 Å². The third-order valence-electron chi connectivity index (χ3n) is 4.87. The minimum atomic E-state index is -0.809. The molecule has 0 spiro atoms. The molecule has 1 aliphatic heterocycles. The molecule has 0 saturated carbocycles. The molecule has 1 saturated heterocycles. The first-order valence-corrected chi connectivity index (χ1v) is 9.48. The molecule has 1 fully saturated rings. The summed E-state index contributed by atoms with van der Waals surface area (Å²) in [5.74, 6) is -0.791. The number of aliphatic carboxylic acids is 1. The molecule has 1 unspecified atom stereocenters. The predicted molar refractivity (Wildman–Crippen MR) is 103 cm³/mol. The molecule has 1 aromatic heterocycles. The molecule has 1 atom stereocenters. The number of likely N-dealkylation sites (tertiary alicyclic amines) is 1. The van der Waals surface area contributed by atoms with Crippen molar-refractivity contribution in [2.75, 3.05) is 18.4 Å². The first-order valence-electron chi connectivity index (χ1n) is 9.48. The number of hydrogen-bond acceptors (Lipinski definition) is 3. The van der Waals surface area contributed by atoms with Crippen molar-refractivity contribution in [1.29, 1.82) is 0 Å².